The monoisotopic (exact) mass is 638 g/mol. The van der Waals surface area contributed by atoms with Gasteiger partial charge in [0.2, 0.25) is 11.4 Å². The topological polar surface area (TPSA) is 128 Å². The molecule has 4 aromatic rings. The summed E-state index contributed by atoms with van der Waals surface area (Å²) in [6.07, 6.45) is 2.16. The molecular weight excluding hydrogens is 616 g/mol. The fourth-order valence-corrected chi connectivity index (χ4v) is 6.98. The fourth-order valence-electron chi connectivity index (χ4n) is 4.53. The maximum atomic E-state index is 11.3. The number of hydrogen-bond donors (Lipinski definition) is 1. The number of benzene rings is 3. The maximum Gasteiger partial charge on any atom is 0.268 e. The first-order chi connectivity index (χ1) is 18.0. The van der Waals surface area contributed by atoms with Crippen molar-refractivity contribution in [3.8, 4) is 5.75 Å². The summed E-state index contributed by atoms with van der Waals surface area (Å²) in [5, 5.41) is 2.81. The average molecular weight is 640 g/mol. The number of aryl methyl sites for hydroxylation is 1. The highest BCUT2D eigenvalue weighted by Crippen LogP contribution is 2.42. The Bertz CT molecular complexity index is 1780. The van der Waals surface area contributed by atoms with Gasteiger partial charge in [0.15, 0.2) is 12.3 Å². The van der Waals surface area contributed by atoms with E-state index in [1.807, 2.05) is 70.1 Å². The molecular formula is C25H23BrN2O7S3. The minimum Gasteiger partial charge on any atom is -0.748 e. The minimum atomic E-state index is -4.36. The van der Waals surface area contributed by atoms with Gasteiger partial charge in [0.1, 0.15) is 4.70 Å². The van der Waals surface area contributed by atoms with Gasteiger partial charge in [-0.2, -0.15) is 13.0 Å². The third kappa shape index (κ3) is 6.03. The van der Waals surface area contributed by atoms with E-state index in [4.69, 9.17) is 4.74 Å². The SMILES string of the molecule is O=S(=O)([O-])CCC[n+]1c(C=C2Oc3ccc(Br)cc3N2CCCS(=O)(=O)O)sc2ccc3ccccc3c21. The molecule has 0 bridgehead atoms. The van der Waals surface area contributed by atoms with Crippen molar-refractivity contribution in [2.45, 2.75) is 19.4 Å². The molecule has 1 N–H and O–H groups in total. The molecule has 0 aliphatic carbocycles. The van der Waals surface area contributed by atoms with E-state index in [1.165, 1.54) is 11.3 Å². The number of nitrogens with zero attached hydrogens (tertiary/aromatic N) is 2. The van der Waals surface area contributed by atoms with Gasteiger partial charge in [0, 0.05) is 23.2 Å². The van der Waals surface area contributed by atoms with Crippen LogP contribution in [0.4, 0.5) is 5.69 Å². The highest BCUT2D eigenvalue weighted by Gasteiger charge is 2.30. The van der Waals surface area contributed by atoms with Crippen LogP contribution in [-0.4, -0.2) is 44.0 Å². The molecule has 1 aromatic heterocycles. The fraction of sp³-hybridized carbons (Fsp3) is 0.240. The van der Waals surface area contributed by atoms with Gasteiger partial charge in [-0.05, 0) is 42.1 Å². The number of anilines is 1. The standard InChI is InChI=1S/C25H23BrN2O7S3/c26-18-8-9-21-20(15-18)27(11-3-13-37(29,30)31)23(35-21)16-24-28(12-4-14-38(32,33)34)25-19-6-2-1-5-17(19)7-10-22(25)36-24/h1-2,5-10,15-16H,3-4,11-14H2,(H-,29,30,31,32,33,34). The summed E-state index contributed by atoms with van der Waals surface area (Å²) in [7, 11) is -8.48. The van der Waals surface area contributed by atoms with Crippen molar-refractivity contribution in [2.75, 3.05) is 23.0 Å². The number of halogens is 1. The first kappa shape index (κ1) is 27.0. The molecule has 3 aromatic carbocycles. The summed E-state index contributed by atoms with van der Waals surface area (Å²) >= 11 is 4.97. The van der Waals surface area contributed by atoms with Crippen molar-refractivity contribution in [3.05, 3.63) is 70.0 Å². The second-order valence-corrected chi connectivity index (χ2v) is 13.9. The molecule has 38 heavy (non-hydrogen) atoms. The molecule has 0 atom stereocenters. The van der Waals surface area contributed by atoms with Crippen LogP contribution in [0.25, 0.3) is 27.1 Å². The lowest BCUT2D eigenvalue weighted by Crippen LogP contribution is -2.36. The summed E-state index contributed by atoms with van der Waals surface area (Å²) in [6.45, 7) is 0.577. The Labute approximate surface area is 232 Å². The van der Waals surface area contributed by atoms with Crippen LogP contribution in [0.5, 0.6) is 5.75 Å². The number of rotatable bonds is 9. The summed E-state index contributed by atoms with van der Waals surface area (Å²) in [5.41, 5.74) is 1.68. The van der Waals surface area contributed by atoms with Crippen LogP contribution >= 0.6 is 27.3 Å². The van der Waals surface area contributed by atoms with Crippen LogP contribution in [0.15, 0.2) is 65.0 Å². The zero-order valence-corrected chi connectivity index (χ0v) is 23.9. The molecule has 0 saturated heterocycles. The Kier molecular flexibility index (Phi) is 7.50. The van der Waals surface area contributed by atoms with Crippen LogP contribution in [0.1, 0.15) is 17.8 Å². The van der Waals surface area contributed by atoms with E-state index in [9.17, 15) is 25.9 Å². The van der Waals surface area contributed by atoms with Gasteiger partial charge in [0.05, 0.1) is 33.0 Å². The molecule has 0 saturated carbocycles. The van der Waals surface area contributed by atoms with Crippen molar-refractivity contribution in [1.29, 1.82) is 0 Å². The van der Waals surface area contributed by atoms with Crippen molar-refractivity contribution in [1.82, 2.24) is 0 Å². The summed E-state index contributed by atoms with van der Waals surface area (Å²) in [4.78, 5) is 1.85. The predicted molar refractivity (Wildman–Crippen MR) is 150 cm³/mol. The van der Waals surface area contributed by atoms with Gasteiger partial charge in [-0.15, -0.1) is 0 Å². The molecule has 1 aliphatic heterocycles. The van der Waals surface area contributed by atoms with Gasteiger partial charge >= 0.3 is 0 Å². The van der Waals surface area contributed by atoms with Gasteiger partial charge in [-0.25, -0.2) is 8.42 Å². The third-order valence-corrected chi connectivity index (χ3v) is 9.30. The highest BCUT2D eigenvalue weighted by atomic mass is 79.9. The van der Waals surface area contributed by atoms with Gasteiger partial charge < -0.3 is 14.2 Å². The van der Waals surface area contributed by atoms with Crippen molar-refractivity contribution in [2.24, 2.45) is 0 Å². The van der Waals surface area contributed by atoms with E-state index in [0.29, 0.717) is 18.2 Å². The summed E-state index contributed by atoms with van der Waals surface area (Å²) in [5.74, 6) is 0.200. The molecule has 200 valence electrons. The van der Waals surface area contributed by atoms with Gasteiger partial charge in [-0.3, -0.25) is 4.55 Å². The molecule has 0 spiro atoms. The Morgan fingerprint density at radius 2 is 1.84 bits per heavy atom. The lowest BCUT2D eigenvalue weighted by atomic mass is 10.1. The largest absolute Gasteiger partial charge is 0.748 e. The normalized spacial score (nSPS) is 14.9. The van der Waals surface area contributed by atoms with Crippen LogP contribution in [0.3, 0.4) is 0 Å². The zero-order valence-electron chi connectivity index (χ0n) is 19.9. The lowest BCUT2D eigenvalue weighted by molar-refractivity contribution is -0.667. The number of aromatic nitrogens is 1. The second kappa shape index (κ2) is 10.5. The number of fused-ring (bicyclic) bond motifs is 4. The van der Waals surface area contributed by atoms with Crippen LogP contribution in [0, 0.1) is 0 Å². The second-order valence-electron chi connectivity index (χ2n) is 8.83. The molecule has 0 fully saturated rings. The third-order valence-electron chi connectivity index (χ3n) is 6.11. The van der Waals surface area contributed by atoms with E-state index in [-0.39, 0.29) is 19.4 Å². The van der Waals surface area contributed by atoms with E-state index < -0.39 is 31.7 Å². The van der Waals surface area contributed by atoms with Crippen molar-refractivity contribution < 1.29 is 35.2 Å². The summed E-state index contributed by atoms with van der Waals surface area (Å²) in [6, 6.07) is 17.4. The molecule has 0 unspecified atom stereocenters. The number of ether oxygens (including phenoxy) is 1. The van der Waals surface area contributed by atoms with E-state index >= 15 is 0 Å². The van der Waals surface area contributed by atoms with E-state index in [1.54, 1.807) is 0 Å². The summed E-state index contributed by atoms with van der Waals surface area (Å²) < 4.78 is 75.7. The average Bonchev–Trinajstić information content (AvgIpc) is 3.35. The molecule has 2 heterocycles. The van der Waals surface area contributed by atoms with E-state index in [0.717, 1.165) is 36.2 Å². The Morgan fingerprint density at radius 1 is 1.05 bits per heavy atom. The molecule has 13 heteroatoms. The Balaban J connectivity index is 1.60. The lowest BCUT2D eigenvalue weighted by Gasteiger charge is -2.17. The molecule has 1 aliphatic rings. The number of thiazole rings is 1. The maximum absolute atomic E-state index is 11.3. The Morgan fingerprint density at radius 3 is 2.61 bits per heavy atom. The zero-order chi connectivity index (χ0) is 27.1. The Hall–Kier alpha value is -2.55. The van der Waals surface area contributed by atoms with Crippen molar-refractivity contribution in [3.63, 3.8) is 0 Å². The number of hydrogen-bond acceptors (Lipinski definition) is 8. The smallest absolute Gasteiger partial charge is 0.268 e. The molecule has 5 rings (SSSR count). The molecule has 0 radical (unpaired) electrons. The predicted octanol–water partition coefficient (Wildman–Crippen LogP) is 4.52. The van der Waals surface area contributed by atoms with Crippen LogP contribution < -0.4 is 14.2 Å². The van der Waals surface area contributed by atoms with Crippen molar-refractivity contribution >= 4 is 80.3 Å². The first-order valence-corrected chi connectivity index (χ1v) is 16.5. The quantitative estimate of drug-likeness (QED) is 0.209. The minimum absolute atomic E-state index is 0.147. The van der Waals surface area contributed by atoms with Gasteiger partial charge in [0.25, 0.3) is 15.1 Å². The molecule has 9 nitrogen and oxygen atoms in total. The van der Waals surface area contributed by atoms with Crippen LogP contribution in [0.2, 0.25) is 0 Å². The highest BCUT2D eigenvalue weighted by molar-refractivity contribution is 9.10. The van der Waals surface area contributed by atoms with Gasteiger partial charge in [-0.1, -0.05) is 51.5 Å². The first-order valence-electron chi connectivity index (χ1n) is 11.7. The molecule has 0 amide bonds. The van der Waals surface area contributed by atoms with Crippen LogP contribution in [-0.2, 0) is 26.8 Å². The van der Waals surface area contributed by atoms with E-state index in [2.05, 4.69) is 15.9 Å².